The molecule has 1 aliphatic carbocycles. The van der Waals surface area contributed by atoms with Crippen molar-refractivity contribution in [3.05, 3.63) is 52.5 Å². The van der Waals surface area contributed by atoms with Crippen molar-refractivity contribution in [2.45, 2.75) is 16.6 Å². The number of sulfone groups is 1. The van der Waals surface area contributed by atoms with Crippen molar-refractivity contribution in [1.29, 1.82) is 0 Å². The third-order valence-electron chi connectivity index (χ3n) is 4.09. The van der Waals surface area contributed by atoms with E-state index in [1.165, 1.54) is 44.6 Å². The first-order chi connectivity index (χ1) is 11.4. The summed E-state index contributed by atoms with van der Waals surface area (Å²) in [7, 11) is -0.848. The Balaban J connectivity index is 2.03. The van der Waals surface area contributed by atoms with E-state index in [4.69, 9.17) is 21.1 Å². The summed E-state index contributed by atoms with van der Waals surface area (Å²) >= 11 is 5.80. The summed E-state index contributed by atoms with van der Waals surface area (Å²) in [4.78, 5) is 12.7. The number of Topliss-reactive ketones (excluding diaryl/α,β-unsaturated/α-hetero) is 1. The lowest BCUT2D eigenvalue weighted by Crippen LogP contribution is -2.27. The summed E-state index contributed by atoms with van der Waals surface area (Å²) in [5.41, 5.74) is 0.996. The summed E-state index contributed by atoms with van der Waals surface area (Å²) < 4.78 is 36.0. The average Bonchev–Trinajstić information content (AvgIpc) is 2.90. The average molecular weight is 367 g/mol. The highest BCUT2D eigenvalue weighted by atomic mass is 35.5. The van der Waals surface area contributed by atoms with Gasteiger partial charge in [-0.2, -0.15) is 0 Å². The molecule has 0 bridgehead atoms. The van der Waals surface area contributed by atoms with E-state index in [-0.39, 0.29) is 11.3 Å². The molecular weight excluding hydrogens is 352 g/mol. The van der Waals surface area contributed by atoms with Crippen molar-refractivity contribution in [1.82, 2.24) is 0 Å². The summed E-state index contributed by atoms with van der Waals surface area (Å²) in [6, 6.07) is 9.00. The van der Waals surface area contributed by atoms with Gasteiger partial charge < -0.3 is 9.47 Å². The van der Waals surface area contributed by atoms with Gasteiger partial charge >= 0.3 is 0 Å². The first-order valence-corrected chi connectivity index (χ1v) is 9.09. The Morgan fingerprint density at radius 3 is 2.21 bits per heavy atom. The second kappa shape index (κ2) is 6.11. The molecule has 0 unspecified atom stereocenters. The van der Waals surface area contributed by atoms with Gasteiger partial charge in [-0.05, 0) is 48.4 Å². The summed E-state index contributed by atoms with van der Waals surface area (Å²) in [5, 5.41) is -0.713. The van der Waals surface area contributed by atoms with Gasteiger partial charge in [-0.25, -0.2) is 8.42 Å². The molecule has 0 aliphatic heterocycles. The molecule has 126 valence electrons. The molecule has 1 atom stereocenters. The zero-order chi connectivity index (χ0) is 17.5. The van der Waals surface area contributed by atoms with Crippen molar-refractivity contribution in [2.24, 2.45) is 0 Å². The van der Waals surface area contributed by atoms with Crippen molar-refractivity contribution in [3.8, 4) is 11.5 Å². The number of methoxy groups -OCH3 is 2. The van der Waals surface area contributed by atoms with E-state index in [0.29, 0.717) is 27.6 Å². The monoisotopic (exact) mass is 366 g/mol. The quantitative estimate of drug-likeness (QED) is 0.832. The zero-order valence-electron chi connectivity index (χ0n) is 13.1. The molecule has 3 rings (SSSR count). The number of hydrogen-bond acceptors (Lipinski definition) is 5. The summed E-state index contributed by atoms with van der Waals surface area (Å²) in [5.74, 6) is 0.434. The van der Waals surface area contributed by atoms with Crippen molar-refractivity contribution < 1.29 is 22.7 Å². The van der Waals surface area contributed by atoms with Gasteiger partial charge in [0.2, 0.25) is 0 Å². The minimum absolute atomic E-state index is 0.0805. The van der Waals surface area contributed by atoms with Gasteiger partial charge in [-0.3, -0.25) is 4.79 Å². The van der Waals surface area contributed by atoms with E-state index in [0.717, 1.165) is 0 Å². The summed E-state index contributed by atoms with van der Waals surface area (Å²) in [6.07, 6.45) is 0.111. The van der Waals surface area contributed by atoms with Crippen LogP contribution in [0.4, 0.5) is 0 Å². The van der Waals surface area contributed by atoms with Crippen LogP contribution in [0.2, 0.25) is 5.02 Å². The molecule has 1 aliphatic rings. The molecule has 0 saturated carbocycles. The maximum Gasteiger partial charge on any atom is 0.189 e. The van der Waals surface area contributed by atoms with E-state index < -0.39 is 20.9 Å². The van der Waals surface area contributed by atoms with Crippen LogP contribution < -0.4 is 9.47 Å². The molecule has 24 heavy (non-hydrogen) atoms. The highest BCUT2D eigenvalue weighted by Crippen LogP contribution is 2.37. The van der Waals surface area contributed by atoms with Crippen LogP contribution >= 0.6 is 11.6 Å². The normalized spacial score (nSPS) is 16.8. The van der Waals surface area contributed by atoms with Gasteiger partial charge in [-0.1, -0.05) is 11.6 Å². The number of carbonyl (C=O) groups excluding carboxylic acids is 1. The smallest absolute Gasteiger partial charge is 0.189 e. The van der Waals surface area contributed by atoms with E-state index >= 15 is 0 Å². The Hall–Kier alpha value is -2.05. The van der Waals surface area contributed by atoms with E-state index in [1.807, 2.05) is 0 Å². The van der Waals surface area contributed by atoms with Crippen LogP contribution in [0.15, 0.2) is 41.3 Å². The van der Waals surface area contributed by atoms with Gasteiger partial charge in [0.05, 0.1) is 19.1 Å². The molecule has 0 fully saturated rings. The topological polar surface area (TPSA) is 69.7 Å². The van der Waals surface area contributed by atoms with E-state index in [2.05, 4.69) is 0 Å². The number of fused-ring (bicyclic) bond motifs is 1. The standard InChI is InChI=1S/C17H15ClO5S/c1-22-14-7-10-8-16(17(19)13(10)9-15(14)23-2)24(20,21)12-5-3-11(18)4-6-12/h3-7,9,16H,8H2,1-2H3/t16-/m0/s1. The number of rotatable bonds is 4. The van der Waals surface area contributed by atoms with Gasteiger partial charge in [0, 0.05) is 10.6 Å². The first-order valence-electron chi connectivity index (χ1n) is 7.17. The number of ether oxygens (including phenoxy) is 2. The fourth-order valence-corrected chi connectivity index (χ4v) is 4.60. The lowest BCUT2D eigenvalue weighted by Gasteiger charge is -2.10. The largest absolute Gasteiger partial charge is 0.493 e. The first kappa shape index (κ1) is 16.8. The third-order valence-corrected chi connectivity index (χ3v) is 6.40. The van der Waals surface area contributed by atoms with E-state index in [1.54, 1.807) is 6.07 Å². The number of halogens is 1. The lowest BCUT2D eigenvalue weighted by atomic mass is 10.1. The lowest BCUT2D eigenvalue weighted by molar-refractivity contribution is 0.0997. The van der Waals surface area contributed by atoms with Gasteiger partial charge in [0.25, 0.3) is 0 Å². The van der Waals surface area contributed by atoms with Crippen molar-refractivity contribution >= 4 is 27.2 Å². The molecule has 2 aromatic carbocycles. The number of benzene rings is 2. The zero-order valence-corrected chi connectivity index (χ0v) is 14.6. The minimum atomic E-state index is -3.80. The van der Waals surface area contributed by atoms with Crippen LogP contribution in [-0.4, -0.2) is 33.7 Å². The Labute approximate surface area is 145 Å². The molecule has 0 aromatic heterocycles. The number of carbonyl (C=O) groups is 1. The molecule has 0 saturated heterocycles. The van der Waals surface area contributed by atoms with Crippen molar-refractivity contribution in [3.63, 3.8) is 0 Å². The van der Waals surface area contributed by atoms with Gasteiger partial charge in [-0.15, -0.1) is 0 Å². The molecule has 0 heterocycles. The number of ketones is 1. The Kier molecular flexibility index (Phi) is 4.27. The molecule has 2 aromatic rings. The molecule has 5 nitrogen and oxygen atoms in total. The molecular formula is C17H15ClO5S. The Morgan fingerprint density at radius 2 is 1.62 bits per heavy atom. The summed E-state index contributed by atoms with van der Waals surface area (Å²) in [6.45, 7) is 0. The van der Waals surface area contributed by atoms with Crippen LogP contribution in [0.25, 0.3) is 0 Å². The van der Waals surface area contributed by atoms with Crippen LogP contribution in [0, 0.1) is 0 Å². The van der Waals surface area contributed by atoms with Crippen LogP contribution in [0.3, 0.4) is 0 Å². The van der Waals surface area contributed by atoms with Gasteiger partial charge in [0.15, 0.2) is 27.1 Å². The third kappa shape index (κ3) is 2.65. The van der Waals surface area contributed by atoms with Crippen LogP contribution in [-0.2, 0) is 16.3 Å². The van der Waals surface area contributed by atoms with Crippen molar-refractivity contribution in [2.75, 3.05) is 14.2 Å². The second-order valence-electron chi connectivity index (χ2n) is 5.42. The highest BCUT2D eigenvalue weighted by Gasteiger charge is 2.41. The Bertz CT molecular complexity index is 903. The fourth-order valence-electron chi connectivity index (χ4n) is 2.82. The maximum absolute atomic E-state index is 12.8. The van der Waals surface area contributed by atoms with Gasteiger partial charge in [0.1, 0.15) is 5.25 Å². The highest BCUT2D eigenvalue weighted by molar-refractivity contribution is 7.92. The van der Waals surface area contributed by atoms with Crippen LogP contribution in [0.1, 0.15) is 15.9 Å². The second-order valence-corrected chi connectivity index (χ2v) is 7.99. The molecule has 0 N–H and O–H groups in total. The predicted molar refractivity (Wildman–Crippen MR) is 90.0 cm³/mol. The fraction of sp³-hybridized carbons (Fsp3) is 0.235. The molecule has 0 radical (unpaired) electrons. The maximum atomic E-state index is 12.8. The van der Waals surface area contributed by atoms with Crippen LogP contribution in [0.5, 0.6) is 11.5 Å². The SMILES string of the molecule is COc1cc2c(cc1OC)C(=O)[C@@H](S(=O)(=O)c1ccc(Cl)cc1)C2. The molecule has 0 spiro atoms. The molecule has 7 heteroatoms. The minimum Gasteiger partial charge on any atom is -0.493 e. The number of hydrogen-bond donors (Lipinski definition) is 0. The predicted octanol–water partition coefficient (Wildman–Crippen LogP) is 2.94. The Morgan fingerprint density at radius 1 is 1.04 bits per heavy atom. The van der Waals surface area contributed by atoms with E-state index in [9.17, 15) is 13.2 Å². The molecule has 0 amide bonds.